The van der Waals surface area contributed by atoms with E-state index in [-0.39, 0.29) is 23.7 Å². The number of carboxylic acid groups (broad SMARTS) is 1. The van der Waals surface area contributed by atoms with Crippen molar-refractivity contribution in [1.29, 1.82) is 0 Å². The highest BCUT2D eigenvalue weighted by molar-refractivity contribution is 6.18. The van der Waals surface area contributed by atoms with Crippen molar-refractivity contribution in [3.05, 3.63) is 59.2 Å². The number of fused-ring (bicyclic) bond motifs is 5. The van der Waals surface area contributed by atoms with Gasteiger partial charge in [0.15, 0.2) is 0 Å². The molecule has 0 aliphatic heterocycles. The Labute approximate surface area is 276 Å². The number of ether oxygens (including phenoxy) is 2. The van der Waals surface area contributed by atoms with E-state index in [1.807, 2.05) is 24.3 Å². The lowest BCUT2D eigenvalue weighted by Crippen LogP contribution is -2.47. The largest absolute Gasteiger partial charge is 0.478 e. The molecule has 0 heterocycles. The summed E-state index contributed by atoms with van der Waals surface area (Å²) >= 11 is 11.9. The van der Waals surface area contributed by atoms with Gasteiger partial charge in [-0.25, -0.2) is 4.79 Å². The van der Waals surface area contributed by atoms with E-state index in [2.05, 4.69) is 30.0 Å². The van der Waals surface area contributed by atoms with E-state index in [4.69, 9.17) is 32.7 Å². The second kappa shape index (κ2) is 14.8. The Morgan fingerprint density at radius 1 is 1.02 bits per heavy atom. The van der Waals surface area contributed by atoms with Crippen molar-refractivity contribution in [3.63, 3.8) is 0 Å². The van der Waals surface area contributed by atoms with Crippen molar-refractivity contribution in [2.45, 2.75) is 83.7 Å². The molecule has 0 saturated heterocycles. The Kier molecular flexibility index (Phi) is 11.0. The summed E-state index contributed by atoms with van der Waals surface area (Å²) in [5, 5.41) is 10.3. The fourth-order valence-electron chi connectivity index (χ4n) is 8.72. The maximum absolute atomic E-state index is 13.0. The molecule has 2 unspecified atom stereocenters. The monoisotopic (exact) mass is 657 g/mol. The van der Waals surface area contributed by atoms with Gasteiger partial charge in [-0.05, 0) is 115 Å². The number of benzene rings is 2. The number of carboxylic acids is 1. The third kappa shape index (κ3) is 7.46. The van der Waals surface area contributed by atoms with Gasteiger partial charge in [0.25, 0.3) is 0 Å². The highest BCUT2D eigenvalue weighted by Gasteiger charge is 2.58. The molecular weight excluding hydrogens is 613 g/mol. The molecule has 0 aromatic heterocycles. The van der Waals surface area contributed by atoms with Crippen LogP contribution in [-0.4, -0.2) is 54.0 Å². The van der Waals surface area contributed by atoms with Crippen LogP contribution in [0.25, 0.3) is 0 Å². The first-order valence-corrected chi connectivity index (χ1v) is 17.4. The van der Waals surface area contributed by atoms with Gasteiger partial charge in [-0.1, -0.05) is 25.1 Å². The van der Waals surface area contributed by atoms with Gasteiger partial charge in [-0.15, -0.1) is 23.2 Å². The smallest absolute Gasteiger partial charge is 0.345 e. The maximum Gasteiger partial charge on any atom is 0.345 e. The molecule has 2 saturated carbocycles. The molecule has 0 bridgehead atoms. The van der Waals surface area contributed by atoms with E-state index in [9.17, 15) is 19.5 Å². The van der Waals surface area contributed by atoms with Crippen LogP contribution in [0.5, 0.6) is 5.75 Å². The molecule has 45 heavy (non-hydrogen) atoms. The third-order valence-corrected chi connectivity index (χ3v) is 11.1. The second-order valence-electron chi connectivity index (χ2n) is 13.2. The average molecular weight is 659 g/mol. The number of carbonyl (C=O) groups is 3. The number of anilines is 1. The molecule has 6 atom stereocenters. The Hall–Kier alpha value is -2.77. The molecule has 3 aliphatic rings. The van der Waals surface area contributed by atoms with Crippen LogP contribution in [-0.2, 0) is 32.0 Å². The lowest BCUT2D eigenvalue weighted by atomic mass is 9.53. The van der Waals surface area contributed by atoms with E-state index in [1.165, 1.54) is 18.1 Å². The predicted octanol–water partition coefficient (Wildman–Crippen LogP) is 7.39. The second-order valence-corrected chi connectivity index (χ2v) is 14.0. The molecule has 0 radical (unpaired) electrons. The lowest BCUT2D eigenvalue weighted by molar-refractivity contribution is -0.172. The van der Waals surface area contributed by atoms with Crippen molar-refractivity contribution in [2.24, 2.45) is 23.2 Å². The van der Waals surface area contributed by atoms with E-state index < -0.39 is 18.0 Å². The summed E-state index contributed by atoms with van der Waals surface area (Å²) in [4.78, 5) is 39.1. The maximum atomic E-state index is 13.0. The molecule has 5 rings (SSSR count). The van der Waals surface area contributed by atoms with Crippen molar-refractivity contribution in [3.8, 4) is 5.75 Å². The summed E-state index contributed by atoms with van der Waals surface area (Å²) in [7, 11) is 0. The number of hydrogen-bond acceptors (Lipinski definition) is 6. The van der Waals surface area contributed by atoms with Crippen LogP contribution < -0.4 is 9.64 Å². The third-order valence-electron chi connectivity index (χ3n) is 10.8. The number of rotatable bonds is 13. The van der Waals surface area contributed by atoms with Crippen molar-refractivity contribution in [2.75, 3.05) is 29.7 Å². The van der Waals surface area contributed by atoms with Crippen molar-refractivity contribution < 1.29 is 29.0 Å². The van der Waals surface area contributed by atoms with Crippen LogP contribution in [0.3, 0.4) is 0 Å². The van der Waals surface area contributed by atoms with Crippen LogP contribution in [0.1, 0.15) is 81.4 Å². The molecule has 2 aromatic carbocycles. The SMILES string of the molecule is CC(=O)Oc1ccc2c(c1)CC[C@@H]1[C@@H]2CC[C@]2(C)C(C(OC(=O)CCCc3ccc(N(CCCl)CCCl)cc3)C(=O)O)CC[C@@H]12. The number of nitrogens with zero attached hydrogens (tertiary/aromatic N) is 1. The van der Waals surface area contributed by atoms with E-state index in [0.717, 1.165) is 62.9 Å². The molecule has 2 fully saturated rings. The molecule has 3 aliphatic carbocycles. The first kappa shape index (κ1) is 33.6. The number of aryl methyl sites for hydroxylation is 2. The van der Waals surface area contributed by atoms with Gasteiger partial charge in [-0.2, -0.15) is 0 Å². The van der Waals surface area contributed by atoms with E-state index in [0.29, 0.717) is 48.1 Å². The minimum Gasteiger partial charge on any atom is -0.478 e. The van der Waals surface area contributed by atoms with Gasteiger partial charge in [0.1, 0.15) is 5.75 Å². The molecule has 244 valence electrons. The fraction of sp³-hybridized carbons (Fsp3) is 0.583. The highest BCUT2D eigenvalue weighted by Crippen LogP contribution is 2.64. The Morgan fingerprint density at radius 2 is 1.76 bits per heavy atom. The molecule has 9 heteroatoms. The van der Waals surface area contributed by atoms with Gasteiger partial charge in [0.2, 0.25) is 6.10 Å². The highest BCUT2D eigenvalue weighted by atomic mass is 35.5. The lowest BCUT2D eigenvalue weighted by Gasteiger charge is -2.51. The Balaban J connectivity index is 1.18. The first-order valence-electron chi connectivity index (χ1n) is 16.3. The summed E-state index contributed by atoms with van der Waals surface area (Å²) in [6.45, 7) is 5.10. The Morgan fingerprint density at radius 3 is 2.42 bits per heavy atom. The van der Waals surface area contributed by atoms with Crippen LogP contribution in [0, 0.1) is 23.2 Å². The summed E-state index contributed by atoms with van der Waals surface area (Å²) in [5.74, 6) is 0.910. The number of hydrogen-bond donors (Lipinski definition) is 1. The summed E-state index contributed by atoms with van der Waals surface area (Å²) < 4.78 is 11.1. The number of esters is 2. The number of carbonyl (C=O) groups excluding carboxylic acids is 2. The van der Waals surface area contributed by atoms with E-state index in [1.54, 1.807) is 0 Å². The van der Waals surface area contributed by atoms with Crippen LogP contribution in [0.4, 0.5) is 5.69 Å². The quantitative estimate of drug-likeness (QED) is 0.136. The number of aliphatic carboxylic acids is 1. The molecule has 2 aromatic rings. The average Bonchev–Trinajstić information content (AvgIpc) is 3.36. The summed E-state index contributed by atoms with van der Waals surface area (Å²) in [6, 6.07) is 14.2. The topological polar surface area (TPSA) is 93.1 Å². The van der Waals surface area contributed by atoms with Gasteiger partial charge >= 0.3 is 17.9 Å². The standard InChI is InChI=1S/C36H45Cl2NO6/c1-23(40)44-27-11-13-28-25(22-27)8-12-30-29(28)16-17-36(2)31(30)14-15-32(36)34(35(42)43)45-33(41)5-3-4-24-6-9-26(10-7-24)39(20-18-37)21-19-38/h6-7,9-11,13,22,29-32,34H,3-5,8,12,14-21H2,1-2H3,(H,42,43)/t29-,30-,31+,32?,34?,36+/m1/s1. The zero-order valence-electron chi connectivity index (χ0n) is 26.3. The first-order chi connectivity index (χ1) is 21.6. The van der Waals surface area contributed by atoms with Crippen LogP contribution in [0.15, 0.2) is 42.5 Å². The normalized spacial score (nSPS) is 25.8. The predicted molar refractivity (Wildman–Crippen MR) is 176 cm³/mol. The fourth-order valence-corrected chi connectivity index (χ4v) is 9.12. The zero-order valence-corrected chi connectivity index (χ0v) is 27.8. The van der Waals surface area contributed by atoms with Crippen LogP contribution >= 0.6 is 23.2 Å². The Bertz CT molecular complexity index is 1360. The number of halogens is 2. The van der Waals surface area contributed by atoms with Gasteiger partial charge < -0.3 is 19.5 Å². The molecule has 0 amide bonds. The summed E-state index contributed by atoms with van der Waals surface area (Å²) in [5.41, 5.74) is 4.57. The molecule has 1 N–H and O–H groups in total. The summed E-state index contributed by atoms with van der Waals surface area (Å²) in [6.07, 6.45) is 5.88. The van der Waals surface area contributed by atoms with E-state index >= 15 is 0 Å². The minimum atomic E-state index is -1.12. The van der Waals surface area contributed by atoms with Crippen molar-refractivity contribution in [1.82, 2.24) is 0 Å². The number of alkyl halides is 2. The van der Waals surface area contributed by atoms with Crippen molar-refractivity contribution >= 4 is 46.8 Å². The minimum absolute atomic E-state index is 0.180. The molecule has 0 spiro atoms. The van der Waals surface area contributed by atoms with Gasteiger partial charge in [-0.3, -0.25) is 9.59 Å². The van der Waals surface area contributed by atoms with Gasteiger partial charge in [0.05, 0.1) is 0 Å². The zero-order chi connectivity index (χ0) is 32.1. The van der Waals surface area contributed by atoms with Crippen LogP contribution in [0.2, 0.25) is 0 Å². The molecular formula is C36H45Cl2NO6. The van der Waals surface area contributed by atoms with Gasteiger partial charge in [0, 0.05) is 49.8 Å². The molecule has 7 nitrogen and oxygen atoms in total.